The maximum Gasteiger partial charge on any atom is 0.151 e. The summed E-state index contributed by atoms with van der Waals surface area (Å²) in [5.41, 5.74) is 6.34. The van der Waals surface area contributed by atoms with E-state index in [2.05, 4.69) is 47.9 Å². The Labute approximate surface area is 104 Å². The summed E-state index contributed by atoms with van der Waals surface area (Å²) < 4.78 is 0. The molecule has 1 aromatic rings. The standard InChI is InChI=1S/C12H23N5/c1-5-17(10(2)9-16(3)4)12-7-6-11(8-13)14-15-12/h6-7,10H,5,8-9,13H2,1-4H3. The first-order chi connectivity index (χ1) is 8.08. The highest BCUT2D eigenvalue weighted by Gasteiger charge is 2.14. The Balaban J connectivity index is 2.77. The van der Waals surface area contributed by atoms with Gasteiger partial charge in [0.05, 0.1) is 5.69 Å². The van der Waals surface area contributed by atoms with E-state index in [9.17, 15) is 0 Å². The van der Waals surface area contributed by atoms with Crippen molar-refractivity contribution in [3.8, 4) is 0 Å². The summed E-state index contributed by atoms with van der Waals surface area (Å²) in [6.45, 7) is 6.68. The fraction of sp³-hybridized carbons (Fsp3) is 0.667. The third kappa shape index (κ3) is 3.94. The van der Waals surface area contributed by atoms with Gasteiger partial charge in [-0.05, 0) is 40.1 Å². The van der Waals surface area contributed by atoms with Crippen molar-refractivity contribution < 1.29 is 0 Å². The predicted molar refractivity (Wildman–Crippen MR) is 71.0 cm³/mol. The number of anilines is 1. The number of hydrogen-bond acceptors (Lipinski definition) is 5. The molecule has 17 heavy (non-hydrogen) atoms. The normalized spacial score (nSPS) is 12.8. The largest absolute Gasteiger partial charge is 0.351 e. The minimum atomic E-state index is 0.410. The minimum absolute atomic E-state index is 0.410. The van der Waals surface area contributed by atoms with Gasteiger partial charge in [0.25, 0.3) is 0 Å². The Morgan fingerprint density at radius 3 is 2.41 bits per heavy atom. The molecule has 1 unspecified atom stereocenters. The monoisotopic (exact) mass is 237 g/mol. The van der Waals surface area contributed by atoms with Crippen LogP contribution < -0.4 is 10.6 Å². The van der Waals surface area contributed by atoms with Crippen LogP contribution in [0.2, 0.25) is 0 Å². The quantitative estimate of drug-likeness (QED) is 0.789. The SMILES string of the molecule is CCN(c1ccc(CN)nn1)C(C)CN(C)C. The van der Waals surface area contributed by atoms with Crippen LogP contribution in [0.25, 0.3) is 0 Å². The number of nitrogens with zero attached hydrogens (tertiary/aromatic N) is 4. The van der Waals surface area contributed by atoms with E-state index in [-0.39, 0.29) is 0 Å². The Morgan fingerprint density at radius 2 is 2.00 bits per heavy atom. The van der Waals surface area contributed by atoms with Crippen LogP contribution >= 0.6 is 0 Å². The molecule has 0 aliphatic carbocycles. The van der Waals surface area contributed by atoms with Crippen LogP contribution in [0.15, 0.2) is 12.1 Å². The zero-order valence-electron chi connectivity index (χ0n) is 11.2. The molecule has 0 saturated heterocycles. The van der Waals surface area contributed by atoms with Crippen molar-refractivity contribution in [3.63, 3.8) is 0 Å². The van der Waals surface area contributed by atoms with Gasteiger partial charge in [0, 0.05) is 25.7 Å². The van der Waals surface area contributed by atoms with Gasteiger partial charge >= 0.3 is 0 Å². The molecule has 0 bridgehead atoms. The molecule has 1 atom stereocenters. The third-order valence-corrected chi connectivity index (χ3v) is 2.71. The maximum atomic E-state index is 5.51. The molecule has 0 aliphatic rings. The highest BCUT2D eigenvalue weighted by atomic mass is 15.3. The van der Waals surface area contributed by atoms with Gasteiger partial charge in [-0.1, -0.05) is 0 Å². The van der Waals surface area contributed by atoms with Crippen molar-refractivity contribution in [2.75, 3.05) is 32.1 Å². The van der Waals surface area contributed by atoms with Gasteiger partial charge in [-0.3, -0.25) is 0 Å². The fourth-order valence-electron chi connectivity index (χ4n) is 1.94. The summed E-state index contributed by atoms with van der Waals surface area (Å²) in [6, 6.07) is 4.34. The summed E-state index contributed by atoms with van der Waals surface area (Å²) >= 11 is 0. The molecule has 0 spiro atoms. The summed E-state index contributed by atoms with van der Waals surface area (Å²) in [6.07, 6.45) is 0. The second kappa shape index (κ2) is 6.51. The van der Waals surface area contributed by atoms with E-state index >= 15 is 0 Å². The summed E-state index contributed by atoms with van der Waals surface area (Å²) in [4.78, 5) is 4.42. The summed E-state index contributed by atoms with van der Waals surface area (Å²) in [7, 11) is 4.15. The minimum Gasteiger partial charge on any atom is -0.351 e. The first kappa shape index (κ1) is 13.9. The lowest BCUT2D eigenvalue weighted by atomic mass is 10.2. The predicted octanol–water partition coefficient (Wildman–Crippen LogP) is 0.712. The first-order valence-electron chi connectivity index (χ1n) is 6.02. The van der Waals surface area contributed by atoms with Gasteiger partial charge in [-0.15, -0.1) is 5.10 Å². The number of aromatic nitrogens is 2. The third-order valence-electron chi connectivity index (χ3n) is 2.71. The topological polar surface area (TPSA) is 58.3 Å². The molecule has 0 aliphatic heterocycles. The lowest BCUT2D eigenvalue weighted by Crippen LogP contribution is -2.40. The van der Waals surface area contributed by atoms with Crippen molar-refractivity contribution in [2.45, 2.75) is 26.4 Å². The molecule has 1 aromatic heterocycles. The Bertz CT molecular complexity index is 322. The van der Waals surface area contributed by atoms with Crippen molar-refractivity contribution >= 4 is 5.82 Å². The second-order valence-corrected chi connectivity index (χ2v) is 4.48. The molecular formula is C12H23N5. The average molecular weight is 237 g/mol. The van der Waals surface area contributed by atoms with E-state index in [1.165, 1.54) is 0 Å². The van der Waals surface area contributed by atoms with E-state index in [1.54, 1.807) is 0 Å². The second-order valence-electron chi connectivity index (χ2n) is 4.48. The highest BCUT2D eigenvalue weighted by molar-refractivity contribution is 5.38. The molecule has 0 saturated carbocycles. The van der Waals surface area contributed by atoms with Crippen LogP contribution in [-0.4, -0.2) is 48.3 Å². The van der Waals surface area contributed by atoms with Gasteiger partial charge in [0.15, 0.2) is 5.82 Å². The van der Waals surface area contributed by atoms with Crippen LogP contribution in [0.3, 0.4) is 0 Å². The summed E-state index contributed by atoms with van der Waals surface area (Å²) in [5, 5.41) is 8.32. The Kier molecular flexibility index (Phi) is 5.31. The van der Waals surface area contributed by atoms with Crippen molar-refractivity contribution in [1.82, 2.24) is 15.1 Å². The molecule has 5 heteroatoms. The fourth-order valence-corrected chi connectivity index (χ4v) is 1.94. The first-order valence-corrected chi connectivity index (χ1v) is 6.02. The van der Waals surface area contributed by atoms with Crippen LogP contribution in [-0.2, 0) is 6.54 Å². The van der Waals surface area contributed by atoms with Gasteiger partial charge in [-0.25, -0.2) is 0 Å². The van der Waals surface area contributed by atoms with Gasteiger partial charge in [0.1, 0.15) is 0 Å². The van der Waals surface area contributed by atoms with Gasteiger partial charge < -0.3 is 15.5 Å². The van der Waals surface area contributed by atoms with E-state index < -0.39 is 0 Å². The average Bonchev–Trinajstić information content (AvgIpc) is 2.30. The maximum absolute atomic E-state index is 5.51. The molecule has 1 rings (SSSR count). The van der Waals surface area contributed by atoms with E-state index in [4.69, 9.17) is 5.73 Å². The molecular weight excluding hydrogens is 214 g/mol. The number of rotatable bonds is 6. The Morgan fingerprint density at radius 1 is 1.29 bits per heavy atom. The molecule has 1 heterocycles. The van der Waals surface area contributed by atoms with E-state index in [0.717, 1.165) is 24.6 Å². The van der Waals surface area contributed by atoms with Crippen molar-refractivity contribution in [2.24, 2.45) is 5.73 Å². The smallest absolute Gasteiger partial charge is 0.151 e. The van der Waals surface area contributed by atoms with Crippen LogP contribution in [0.4, 0.5) is 5.82 Å². The lowest BCUT2D eigenvalue weighted by molar-refractivity contribution is 0.372. The van der Waals surface area contributed by atoms with Crippen LogP contribution in [0.1, 0.15) is 19.5 Å². The number of hydrogen-bond donors (Lipinski definition) is 1. The number of nitrogens with two attached hydrogens (primary N) is 1. The molecule has 0 fully saturated rings. The number of likely N-dealkylation sites (N-methyl/N-ethyl adjacent to an activating group) is 2. The van der Waals surface area contributed by atoms with Crippen LogP contribution in [0.5, 0.6) is 0 Å². The molecule has 0 amide bonds. The van der Waals surface area contributed by atoms with E-state index in [0.29, 0.717) is 12.6 Å². The molecule has 2 N–H and O–H groups in total. The van der Waals surface area contributed by atoms with Crippen LogP contribution in [0, 0.1) is 0 Å². The zero-order chi connectivity index (χ0) is 12.8. The Hall–Kier alpha value is -1.20. The highest BCUT2D eigenvalue weighted by Crippen LogP contribution is 2.13. The van der Waals surface area contributed by atoms with Crippen molar-refractivity contribution in [3.05, 3.63) is 17.8 Å². The lowest BCUT2D eigenvalue weighted by Gasteiger charge is -2.30. The van der Waals surface area contributed by atoms with Gasteiger partial charge in [0.2, 0.25) is 0 Å². The van der Waals surface area contributed by atoms with Gasteiger partial charge in [-0.2, -0.15) is 5.10 Å². The molecule has 0 aromatic carbocycles. The molecule has 5 nitrogen and oxygen atoms in total. The molecule has 96 valence electrons. The zero-order valence-corrected chi connectivity index (χ0v) is 11.2. The van der Waals surface area contributed by atoms with Crippen molar-refractivity contribution in [1.29, 1.82) is 0 Å². The molecule has 0 radical (unpaired) electrons. The summed E-state index contributed by atoms with van der Waals surface area (Å²) in [5.74, 6) is 0.916. The van der Waals surface area contributed by atoms with E-state index in [1.807, 2.05) is 12.1 Å².